The van der Waals surface area contributed by atoms with Crippen molar-refractivity contribution in [1.29, 1.82) is 0 Å². The van der Waals surface area contributed by atoms with E-state index >= 15 is 0 Å². The Balaban J connectivity index is 2.68. The van der Waals surface area contributed by atoms with Crippen LogP contribution in [0.25, 0.3) is 0 Å². The van der Waals surface area contributed by atoms with Crippen LogP contribution in [0.2, 0.25) is 0 Å². The quantitative estimate of drug-likeness (QED) is 0.504. The number of ether oxygens (including phenoxy) is 2. The summed E-state index contributed by atoms with van der Waals surface area (Å²) in [5, 5.41) is 7.24. The first-order valence-corrected chi connectivity index (χ1v) is 9.88. The molecule has 0 heterocycles. The number of alkyl halides is 1. The van der Waals surface area contributed by atoms with Crippen molar-refractivity contribution in [3.05, 3.63) is 35.9 Å². The summed E-state index contributed by atoms with van der Waals surface area (Å²) in [6.45, 7) is 6.24. The Kier molecular flexibility index (Phi) is 10.1. The molecule has 0 aliphatic carbocycles. The normalized spacial score (nSPS) is 12.8. The van der Waals surface area contributed by atoms with Gasteiger partial charge < -0.3 is 25.4 Å². The minimum atomic E-state index is -1.20. The lowest BCUT2D eigenvalue weighted by molar-refractivity contribution is -0.127. The van der Waals surface area contributed by atoms with Crippen molar-refractivity contribution in [3.8, 4) is 0 Å². The van der Waals surface area contributed by atoms with E-state index in [9.17, 15) is 19.2 Å². The standard InChI is InChI=1S/C20H28ClN3O6/c1-13(16(25)10-21)23-17(26)15(24-19(28)30-20(2,3)4)11-22-18(27)29-12-14-8-6-5-7-9-14/h5-9,13,15H,10-12H2,1-4H3,(H,22,27)(H,23,26)(H,24,28). The molecule has 0 saturated heterocycles. The molecule has 0 aliphatic rings. The molecule has 2 unspecified atom stereocenters. The van der Waals surface area contributed by atoms with Gasteiger partial charge in [0.2, 0.25) is 5.91 Å². The number of halogens is 1. The van der Waals surface area contributed by atoms with Crippen molar-refractivity contribution in [2.45, 2.75) is 52.0 Å². The predicted molar refractivity (Wildman–Crippen MR) is 111 cm³/mol. The number of rotatable bonds is 9. The van der Waals surface area contributed by atoms with E-state index in [0.29, 0.717) is 0 Å². The molecule has 3 amide bonds. The molecule has 0 radical (unpaired) electrons. The Hall–Kier alpha value is -2.81. The highest BCUT2D eigenvalue weighted by Gasteiger charge is 2.27. The number of hydrogen-bond donors (Lipinski definition) is 3. The van der Waals surface area contributed by atoms with Gasteiger partial charge in [0.25, 0.3) is 0 Å². The smallest absolute Gasteiger partial charge is 0.408 e. The first-order chi connectivity index (χ1) is 14.0. The highest BCUT2D eigenvalue weighted by Crippen LogP contribution is 2.07. The molecule has 3 N–H and O–H groups in total. The van der Waals surface area contributed by atoms with E-state index in [-0.39, 0.29) is 19.0 Å². The lowest BCUT2D eigenvalue weighted by atomic mass is 10.2. The second-order valence-corrected chi connectivity index (χ2v) is 7.74. The topological polar surface area (TPSA) is 123 Å². The Morgan fingerprint density at radius 3 is 2.23 bits per heavy atom. The maximum Gasteiger partial charge on any atom is 0.408 e. The van der Waals surface area contributed by atoms with E-state index in [1.54, 1.807) is 32.9 Å². The zero-order valence-electron chi connectivity index (χ0n) is 17.5. The second-order valence-electron chi connectivity index (χ2n) is 7.47. The number of Topliss-reactive ketones (excluding diaryl/α,β-unsaturated/α-hetero) is 1. The van der Waals surface area contributed by atoms with E-state index < -0.39 is 41.6 Å². The number of nitrogens with one attached hydrogen (secondary N) is 3. The third-order valence-corrected chi connectivity index (χ3v) is 3.91. The Morgan fingerprint density at radius 2 is 1.67 bits per heavy atom. The fraction of sp³-hybridized carbons (Fsp3) is 0.500. The van der Waals surface area contributed by atoms with Crippen molar-refractivity contribution >= 4 is 35.5 Å². The minimum absolute atomic E-state index is 0.0459. The SMILES string of the molecule is CC(NC(=O)C(CNC(=O)OCc1ccccc1)NC(=O)OC(C)(C)C)C(=O)CCl. The minimum Gasteiger partial charge on any atom is -0.445 e. The van der Waals surface area contributed by atoms with Crippen LogP contribution in [-0.2, 0) is 25.7 Å². The van der Waals surface area contributed by atoms with Crippen LogP contribution in [0.3, 0.4) is 0 Å². The van der Waals surface area contributed by atoms with E-state index in [0.717, 1.165) is 5.56 Å². The monoisotopic (exact) mass is 441 g/mol. The molecular weight excluding hydrogens is 414 g/mol. The van der Waals surface area contributed by atoms with Crippen molar-refractivity contribution in [2.75, 3.05) is 12.4 Å². The van der Waals surface area contributed by atoms with Crippen LogP contribution in [0.1, 0.15) is 33.3 Å². The Morgan fingerprint density at radius 1 is 1.03 bits per heavy atom. The number of carbonyl (C=O) groups is 4. The van der Waals surface area contributed by atoms with Crippen molar-refractivity contribution in [3.63, 3.8) is 0 Å². The molecule has 10 heteroatoms. The molecule has 30 heavy (non-hydrogen) atoms. The van der Waals surface area contributed by atoms with E-state index in [4.69, 9.17) is 21.1 Å². The maximum absolute atomic E-state index is 12.5. The molecule has 0 spiro atoms. The van der Waals surface area contributed by atoms with Crippen LogP contribution in [-0.4, -0.2) is 54.0 Å². The average Bonchev–Trinajstić information content (AvgIpc) is 2.68. The molecule has 166 valence electrons. The number of hydrogen-bond acceptors (Lipinski definition) is 6. The molecule has 1 rings (SSSR count). The predicted octanol–water partition coefficient (Wildman–Crippen LogP) is 2.12. The Bertz CT molecular complexity index is 736. The first kappa shape index (κ1) is 25.2. The fourth-order valence-electron chi connectivity index (χ4n) is 2.13. The van der Waals surface area contributed by atoms with Gasteiger partial charge in [-0.3, -0.25) is 9.59 Å². The third kappa shape index (κ3) is 10.1. The van der Waals surface area contributed by atoms with Gasteiger partial charge in [0, 0.05) is 0 Å². The molecule has 1 aromatic rings. The van der Waals surface area contributed by atoms with Crippen LogP contribution in [0.4, 0.5) is 9.59 Å². The largest absolute Gasteiger partial charge is 0.445 e. The molecule has 0 aliphatic heterocycles. The van der Waals surface area contributed by atoms with Crippen LogP contribution in [0.5, 0.6) is 0 Å². The van der Waals surface area contributed by atoms with Gasteiger partial charge >= 0.3 is 12.2 Å². The van der Waals surface area contributed by atoms with Crippen LogP contribution in [0, 0.1) is 0 Å². The molecule has 0 bridgehead atoms. The molecule has 0 aromatic heterocycles. The highest BCUT2D eigenvalue weighted by molar-refractivity contribution is 6.28. The lowest BCUT2D eigenvalue weighted by Gasteiger charge is -2.24. The van der Waals surface area contributed by atoms with Gasteiger partial charge in [-0.25, -0.2) is 9.59 Å². The Labute approximate surface area is 180 Å². The lowest BCUT2D eigenvalue weighted by Crippen LogP contribution is -2.55. The summed E-state index contributed by atoms with van der Waals surface area (Å²) in [7, 11) is 0. The van der Waals surface area contributed by atoms with Crippen LogP contribution in [0.15, 0.2) is 30.3 Å². The van der Waals surface area contributed by atoms with Gasteiger partial charge in [-0.2, -0.15) is 0 Å². The summed E-state index contributed by atoms with van der Waals surface area (Å²) in [6, 6.07) is 6.99. The molecule has 0 saturated carbocycles. The fourth-order valence-corrected chi connectivity index (χ4v) is 2.36. The zero-order valence-corrected chi connectivity index (χ0v) is 18.2. The number of carbonyl (C=O) groups excluding carboxylic acids is 4. The summed E-state index contributed by atoms with van der Waals surface area (Å²) >= 11 is 5.49. The van der Waals surface area contributed by atoms with Crippen molar-refractivity contribution in [1.82, 2.24) is 16.0 Å². The number of ketones is 1. The third-order valence-electron chi connectivity index (χ3n) is 3.64. The van der Waals surface area contributed by atoms with Gasteiger partial charge in [-0.1, -0.05) is 30.3 Å². The van der Waals surface area contributed by atoms with Gasteiger partial charge in [0.15, 0.2) is 5.78 Å². The van der Waals surface area contributed by atoms with Crippen LogP contribution < -0.4 is 16.0 Å². The average molecular weight is 442 g/mol. The number of amides is 3. The van der Waals surface area contributed by atoms with E-state index in [1.807, 2.05) is 18.2 Å². The van der Waals surface area contributed by atoms with Gasteiger partial charge in [-0.05, 0) is 33.3 Å². The van der Waals surface area contributed by atoms with Crippen molar-refractivity contribution in [2.24, 2.45) is 0 Å². The van der Waals surface area contributed by atoms with Gasteiger partial charge in [-0.15, -0.1) is 11.6 Å². The van der Waals surface area contributed by atoms with Gasteiger partial charge in [0.1, 0.15) is 18.2 Å². The zero-order chi connectivity index (χ0) is 22.7. The summed E-state index contributed by atoms with van der Waals surface area (Å²) < 4.78 is 10.2. The van der Waals surface area contributed by atoms with Gasteiger partial charge in [0.05, 0.1) is 18.5 Å². The summed E-state index contributed by atoms with van der Waals surface area (Å²) in [5.41, 5.74) is 0.0110. The summed E-state index contributed by atoms with van der Waals surface area (Å²) in [5.74, 6) is -1.35. The maximum atomic E-state index is 12.5. The van der Waals surface area contributed by atoms with Crippen molar-refractivity contribution < 1.29 is 28.7 Å². The molecule has 1 aromatic carbocycles. The summed E-state index contributed by atoms with van der Waals surface area (Å²) in [4.78, 5) is 48.1. The molecule has 2 atom stereocenters. The second kappa shape index (κ2) is 12.0. The first-order valence-electron chi connectivity index (χ1n) is 9.35. The molecular formula is C20H28ClN3O6. The highest BCUT2D eigenvalue weighted by atomic mass is 35.5. The number of benzene rings is 1. The molecule has 0 fully saturated rings. The summed E-state index contributed by atoms with van der Waals surface area (Å²) in [6.07, 6.45) is -1.62. The molecule has 9 nitrogen and oxygen atoms in total. The van der Waals surface area contributed by atoms with E-state index in [2.05, 4.69) is 16.0 Å². The van der Waals surface area contributed by atoms with E-state index in [1.165, 1.54) is 6.92 Å². The number of alkyl carbamates (subject to hydrolysis) is 2. The van der Waals surface area contributed by atoms with Crippen LogP contribution >= 0.6 is 11.6 Å².